The molecule has 0 saturated heterocycles. The summed E-state index contributed by atoms with van der Waals surface area (Å²) in [7, 11) is 1.50. The number of benzene rings is 1. The highest BCUT2D eigenvalue weighted by Gasteiger charge is 2.37. The standard InChI is InChI=1S/C24H31F2NO/c1-23(2,3)13-15-10-17(19-8-7-9-24(19,4)5)16(11-20(15)25)18-12-22(28-6)27-14-21(18)26/h10-12,14,19H,7-9,13H2,1-6H3/t19-/m1/s1. The lowest BCUT2D eigenvalue weighted by molar-refractivity contribution is 0.332. The highest BCUT2D eigenvalue weighted by molar-refractivity contribution is 5.70. The molecule has 0 amide bonds. The van der Waals surface area contributed by atoms with Crippen LogP contribution in [0.15, 0.2) is 24.4 Å². The Kier molecular flexibility index (Phi) is 5.53. The normalized spacial score (nSPS) is 19.1. The molecule has 1 saturated carbocycles. The number of methoxy groups -OCH3 is 1. The summed E-state index contributed by atoms with van der Waals surface area (Å²) in [6.07, 6.45) is 5.07. The molecular formula is C24H31F2NO. The molecule has 1 atom stereocenters. The molecule has 1 aliphatic rings. The van der Waals surface area contributed by atoms with E-state index in [1.807, 2.05) is 6.07 Å². The predicted molar refractivity (Wildman–Crippen MR) is 110 cm³/mol. The Bertz CT molecular complexity index is 868. The van der Waals surface area contributed by atoms with E-state index >= 15 is 4.39 Å². The van der Waals surface area contributed by atoms with Gasteiger partial charge in [-0.15, -0.1) is 0 Å². The average Bonchev–Trinajstić information content (AvgIpc) is 2.95. The molecule has 1 heterocycles. The molecule has 0 unspecified atom stereocenters. The van der Waals surface area contributed by atoms with Gasteiger partial charge >= 0.3 is 0 Å². The summed E-state index contributed by atoms with van der Waals surface area (Å²) in [6, 6.07) is 5.07. The summed E-state index contributed by atoms with van der Waals surface area (Å²) in [4.78, 5) is 3.94. The highest BCUT2D eigenvalue weighted by Crippen LogP contribution is 2.51. The molecular weight excluding hydrogens is 356 g/mol. The van der Waals surface area contributed by atoms with Crippen LogP contribution in [0.25, 0.3) is 11.1 Å². The number of ether oxygens (including phenoxy) is 1. The molecule has 28 heavy (non-hydrogen) atoms. The lowest BCUT2D eigenvalue weighted by Crippen LogP contribution is -2.18. The van der Waals surface area contributed by atoms with Crippen molar-refractivity contribution in [3.05, 3.63) is 47.2 Å². The van der Waals surface area contributed by atoms with E-state index in [2.05, 4.69) is 39.6 Å². The van der Waals surface area contributed by atoms with Gasteiger partial charge in [-0.3, -0.25) is 0 Å². The van der Waals surface area contributed by atoms with Gasteiger partial charge in [0.25, 0.3) is 0 Å². The second-order valence-electron chi connectivity index (χ2n) is 9.91. The van der Waals surface area contributed by atoms with E-state index in [9.17, 15) is 4.39 Å². The molecule has 0 aliphatic heterocycles. The molecule has 2 aromatic rings. The van der Waals surface area contributed by atoms with Crippen molar-refractivity contribution in [2.45, 2.75) is 66.2 Å². The Balaban J connectivity index is 2.23. The van der Waals surface area contributed by atoms with Crippen LogP contribution in [0.4, 0.5) is 8.78 Å². The lowest BCUT2D eigenvalue weighted by atomic mass is 9.74. The summed E-state index contributed by atoms with van der Waals surface area (Å²) >= 11 is 0. The second kappa shape index (κ2) is 7.46. The first-order chi connectivity index (χ1) is 13.0. The van der Waals surface area contributed by atoms with Gasteiger partial charge in [-0.1, -0.05) is 47.1 Å². The number of nitrogens with zero attached hydrogens (tertiary/aromatic N) is 1. The zero-order valence-corrected chi connectivity index (χ0v) is 17.8. The van der Waals surface area contributed by atoms with Gasteiger partial charge in [-0.25, -0.2) is 13.8 Å². The first-order valence-corrected chi connectivity index (χ1v) is 10.0. The Morgan fingerprint density at radius 3 is 2.39 bits per heavy atom. The van der Waals surface area contributed by atoms with Gasteiger partial charge in [0.1, 0.15) is 11.6 Å². The van der Waals surface area contributed by atoms with Crippen molar-refractivity contribution in [3.8, 4) is 17.0 Å². The van der Waals surface area contributed by atoms with Crippen LogP contribution < -0.4 is 4.74 Å². The summed E-state index contributed by atoms with van der Waals surface area (Å²) in [5.74, 6) is -0.145. The molecule has 3 rings (SSSR count). The maximum absolute atomic E-state index is 15.1. The van der Waals surface area contributed by atoms with Gasteiger partial charge in [0.15, 0.2) is 0 Å². The minimum atomic E-state index is -0.458. The van der Waals surface area contributed by atoms with Crippen molar-refractivity contribution >= 4 is 0 Å². The van der Waals surface area contributed by atoms with Crippen LogP contribution in [0.2, 0.25) is 0 Å². The monoisotopic (exact) mass is 387 g/mol. The average molecular weight is 388 g/mol. The number of hydrogen-bond donors (Lipinski definition) is 0. The number of halogens is 2. The number of rotatable bonds is 4. The van der Waals surface area contributed by atoms with E-state index in [0.29, 0.717) is 29.0 Å². The number of aromatic nitrogens is 1. The Morgan fingerprint density at radius 1 is 1.11 bits per heavy atom. The molecule has 0 radical (unpaired) electrons. The van der Waals surface area contributed by atoms with Crippen molar-refractivity contribution in [2.24, 2.45) is 10.8 Å². The van der Waals surface area contributed by atoms with Crippen molar-refractivity contribution < 1.29 is 13.5 Å². The van der Waals surface area contributed by atoms with E-state index in [0.717, 1.165) is 31.0 Å². The van der Waals surface area contributed by atoms with E-state index < -0.39 is 5.82 Å². The zero-order chi connectivity index (χ0) is 20.7. The van der Waals surface area contributed by atoms with E-state index in [1.165, 1.54) is 13.2 Å². The fourth-order valence-corrected chi connectivity index (χ4v) is 4.51. The second-order valence-corrected chi connectivity index (χ2v) is 9.91. The lowest BCUT2D eigenvalue weighted by Gasteiger charge is -2.30. The van der Waals surface area contributed by atoms with Gasteiger partial charge in [-0.05, 0) is 58.8 Å². The topological polar surface area (TPSA) is 22.1 Å². The van der Waals surface area contributed by atoms with Crippen molar-refractivity contribution in [1.29, 1.82) is 0 Å². The Labute approximate surface area is 167 Å². The predicted octanol–water partition coefficient (Wildman–Crippen LogP) is 6.92. The molecule has 2 nitrogen and oxygen atoms in total. The fourth-order valence-electron chi connectivity index (χ4n) is 4.51. The van der Waals surface area contributed by atoms with Crippen molar-refractivity contribution in [2.75, 3.05) is 7.11 Å². The third-order valence-electron chi connectivity index (χ3n) is 5.90. The van der Waals surface area contributed by atoms with Crippen molar-refractivity contribution in [3.63, 3.8) is 0 Å². The van der Waals surface area contributed by atoms with E-state index in [1.54, 1.807) is 6.07 Å². The van der Waals surface area contributed by atoms with E-state index in [4.69, 9.17) is 4.74 Å². The van der Waals surface area contributed by atoms with Crippen molar-refractivity contribution in [1.82, 2.24) is 4.98 Å². The van der Waals surface area contributed by atoms with Gasteiger partial charge in [-0.2, -0.15) is 0 Å². The summed E-state index contributed by atoms with van der Waals surface area (Å²) in [5.41, 5.74) is 2.78. The fraction of sp³-hybridized carbons (Fsp3) is 0.542. The molecule has 0 bridgehead atoms. The van der Waals surface area contributed by atoms with Crippen LogP contribution in [0, 0.1) is 22.5 Å². The minimum Gasteiger partial charge on any atom is -0.481 e. The third-order valence-corrected chi connectivity index (χ3v) is 5.90. The first-order valence-electron chi connectivity index (χ1n) is 10.0. The zero-order valence-electron chi connectivity index (χ0n) is 17.8. The van der Waals surface area contributed by atoms with Crippen LogP contribution in [-0.2, 0) is 6.42 Å². The SMILES string of the molecule is COc1cc(-c2cc(F)c(CC(C)(C)C)cc2[C@H]2CCCC2(C)C)c(F)cn1. The van der Waals surface area contributed by atoms with Gasteiger partial charge in [0.05, 0.1) is 13.3 Å². The maximum atomic E-state index is 15.1. The summed E-state index contributed by atoms with van der Waals surface area (Å²) < 4.78 is 35.0. The molecule has 1 aromatic carbocycles. The molecule has 152 valence electrons. The third kappa shape index (κ3) is 4.21. The quantitative estimate of drug-likeness (QED) is 0.568. The molecule has 4 heteroatoms. The number of pyridine rings is 1. The summed E-state index contributed by atoms with van der Waals surface area (Å²) in [5, 5.41) is 0. The van der Waals surface area contributed by atoms with Crippen LogP contribution >= 0.6 is 0 Å². The van der Waals surface area contributed by atoms with Crippen LogP contribution in [0.3, 0.4) is 0 Å². The smallest absolute Gasteiger partial charge is 0.213 e. The Morgan fingerprint density at radius 2 is 1.82 bits per heavy atom. The Hall–Kier alpha value is -1.97. The minimum absolute atomic E-state index is 0.0318. The molecule has 1 aliphatic carbocycles. The largest absolute Gasteiger partial charge is 0.481 e. The molecule has 1 aromatic heterocycles. The molecule has 0 spiro atoms. The van der Waals surface area contributed by atoms with E-state index in [-0.39, 0.29) is 22.6 Å². The van der Waals surface area contributed by atoms with Gasteiger partial charge in [0, 0.05) is 11.6 Å². The first kappa shape index (κ1) is 20.8. The maximum Gasteiger partial charge on any atom is 0.213 e. The van der Waals surface area contributed by atoms with Crippen LogP contribution in [0.5, 0.6) is 5.88 Å². The summed E-state index contributed by atoms with van der Waals surface area (Å²) in [6.45, 7) is 10.8. The highest BCUT2D eigenvalue weighted by atomic mass is 19.1. The van der Waals surface area contributed by atoms with Crippen LogP contribution in [-0.4, -0.2) is 12.1 Å². The number of hydrogen-bond acceptors (Lipinski definition) is 2. The molecule has 1 fully saturated rings. The van der Waals surface area contributed by atoms with Gasteiger partial charge in [0.2, 0.25) is 5.88 Å². The van der Waals surface area contributed by atoms with Crippen LogP contribution in [0.1, 0.15) is 70.9 Å². The molecule has 0 N–H and O–H groups in total. The van der Waals surface area contributed by atoms with Gasteiger partial charge < -0.3 is 4.74 Å².